The Hall–Kier alpha value is 1.56. The zero-order valence-electron chi connectivity index (χ0n) is 2.08. The van der Waals surface area contributed by atoms with Crippen LogP contribution in [0.2, 0.25) is 0 Å². The zero-order chi connectivity index (χ0) is 3.58. The summed E-state index contributed by atoms with van der Waals surface area (Å²) in [7, 11) is -2.62. The van der Waals surface area contributed by atoms with Gasteiger partial charge in [-0.15, -0.1) is 0 Å². The van der Waals surface area contributed by atoms with Crippen LogP contribution in [0.4, 0.5) is 0 Å². The molecule has 0 bridgehead atoms. The number of hydrogen-bond acceptors (Lipinski definition) is 3. The first-order valence-corrected chi connectivity index (χ1v) is 1.80. The van der Waals surface area contributed by atoms with Gasteiger partial charge >= 0.3 is 8.60 Å². The Labute approximate surface area is 60.2 Å². The van der Waals surface area contributed by atoms with Crippen molar-refractivity contribution in [2.24, 2.45) is 0 Å². The minimum atomic E-state index is -2.62. The summed E-state index contributed by atoms with van der Waals surface area (Å²) >= 11 is 0. The summed E-state index contributed by atoms with van der Waals surface area (Å²) in [4.78, 5) is 21.7. The van der Waals surface area contributed by atoms with E-state index >= 15 is 0 Å². The Morgan fingerprint density at radius 3 is 1.00 bits per heavy atom. The molecule has 3 nitrogen and oxygen atoms in total. The first-order valence-electron chi connectivity index (χ1n) is 0.600. The Morgan fingerprint density at radius 2 is 1.00 bits per heavy atom. The van der Waals surface area contributed by atoms with Crippen LogP contribution in [0.25, 0.3) is 0 Å². The topological polar surface area (TPSA) is 60.7 Å². The van der Waals surface area contributed by atoms with E-state index in [1.807, 2.05) is 0 Å². The number of rotatable bonds is 0. The van der Waals surface area contributed by atoms with E-state index in [0.717, 1.165) is 0 Å². The monoisotopic (exact) mass is 248 g/mol. The second-order valence-electron chi connectivity index (χ2n) is 0.268. The minimum absolute atomic E-state index is 0. The van der Waals surface area contributed by atoms with Gasteiger partial charge in [0.25, 0.3) is 0 Å². The summed E-state index contributed by atoms with van der Waals surface area (Å²) in [6.45, 7) is 0. The van der Waals surface area contributed by atoms with Crippen LogP contribution < -0.4 is 0 Å². The minimum Gasteiger partial charge on any atom is -0.328 e. The van der Waals surface area contributed by atoms with Crippen molar-refractivity contribution in [2.75, 3.05) is 0 Å². The van der Waals surface area contributed by atoms with Gasteiger partial charge in [-0.2, -0.15) is 0 Å². The molecule has 0 saturated heterocycles. The molecule has 38 valence electrons. The zero-order valence-corrected chi connectivity index (χ0v) is 4.82. The van der Waals surface area contributed by atoms with Crippen molar-refractivity contribution in [1.82, 2.24) is 0 Å². The van der Waals surface area contributed by atoms with Crippen LogP contribution in [0.3, 0.4) is 0 Å². The van der Waals surface area contributed by atoms with Gasteiger partial charge in [-0.25, -0.2) is 0 Å². The van der Waals surface area contributed by atoms with E-state index in [1.165, 1.54) is 0 Å². The molecular formula is H3ErO3P. The molecule has 0 aromatic carbocycles. The quantitative estimate of drug-likeness (QED) is 0.492. The fraction of sp³-hybridized carbons (Fsp3) is 0. The largest absolute Gasteiger partial charge is 0.328 e. The van der Waals surface area contributed by atoms with Crippen LogP contribution in [0.5, 0.6) is 0 Å². The van der Waals surface area contributed by atoms with Gasteiger partial charge in [0.15, 0.2) is 0 Å². The van der Waals surface area contributed by atoms with Gasteiger partial charge in [-0.05, 0) is 0 Å². The smallest absolute Gasteiger partial charge is 0.324 e. The average molecular weight is 249 g/mol. The maximum atomic E-state index is 7.23. The molecule has 0 aliphatic heterocycles. The first kappa shape index (κ1) is 9.75. The molecule has 0 unspecified atom stereocenters. The normalized spacial score (nSPS) is 7.20. The summed E-state index contributed by atoms with van der Waals surface area (Å²) in [5.41, 5.74) is 0. The van der Waals surface area contributed by atoms with E-state index in [4.69, 9.17) is 14.7 Å². The van der Waals surface area contributed by atoms with Crippen molar-refractivity contribution >= 4 is 8.60 Å². The number of hydrogen-bond donors (Lipinski definition) is 3. The Bertz CT molecular complexity index is 11.6. The van der Waals surface area contributed by atoms with Crippen molar-refractivity contribution in [3.05, 3.63) is 0 Å². The molecule has 5 heteroatoms. The maximum absolute atomic E-state index is 7.23. The summed E-state index contributed by atoms with van der Waals surface area (Å²) in [5.74, 6) is 0. The molecule has 0 aromatic rings. The molecule has 0 aromatic heterocycles. The molecule has 0 atom stereocenters. The molecular weight excluding hydrogens is 246 g/mol. The SMILES string of the molecule is OP(O)O.[Er]. The van der Waals surface area contributed by atoms with Crippen LogP contribution >= 0.6 is 8.60 Å². The van der Waals surface area contributed by atoms with Gasteiger partial charge in [-0.3, -0.25) is 0 Å². The fourth-order valence-electron chi connectivity index (χ4n) is 0. The van der Waals surface area contributed by atoms with Crippen molar-refractivity contribution in [1.29, 1.82) is 0 Å². The van der Waals surface area contributed by atoms with Crippen molar-refractivity contribution in [2.45, 2.75) is 0 Å². The van der Waals surface area contributed by atoms with E-state index in [0.29, 0.717) is 0 Å². The molecule has 0 saturated carbocycles. The van der Waals surface area contributed by atoms with Crippen LogP contribution in [-0.2, 0) is 0 Å². The molecule has 3 N–H and O–H groups in total. The molecule has 5 heavy (non-hydrogen) atoms. The Kier molecular flexibility index (Phi) is 10.8. The van der Waals surface area contributed by atoms with E-state index < -0.39 is 8.60 Å². The van der Waals surface area contributed by atoms with Gasteiger partial charge in [0, 0.05) is 37.3 Å². The van der Waals surface area contributed by atoms with Gasteiger partial charge in [-0.1, -0.05) is 0 Å². The third-order valence-electron chi connectivity index (χ3n) is 0. The van der Waals surface area contributed by atoms with Crippen molar-refractivity contribution in [3.8, 4) is 0 Å². The predicted molar refractivity (Wildman–Crippen MR) is 13.6 cm³/mol. The van der Waals surface area contributed by atoms with Gasteiger partial charge in [0.1, 0.15) is 0 Å². The van der Waals surface area contributed by atoms with Crippen molar-refractivity contribution < 1.29 is 52.0 Å². The van der Waals surface area contributed by atoms with E-state index in [1.54, 1.807) is 0 Å². The van der Waals surface area contributed by atoms with Crippen molar-refractivity contribution in [3.63, 3.8) is 0 Å². The molecule has 0 amide bonds. The summed E-state index contributed by atoms with van der Waals surface area (Å²) in [6, 6.07) is 0. The summed E-state index contributed by atoms with van der Waals surface area (Å²) < 4.78 is 0. The van der Waals surface area contributed by atoms with Crippen LogP contribution in [0.1, 0.15) is 0 Å². The van der Waals surface area contributed by atoms with Gasteiger partial charge in [0.2, 0.25) is 0 Å². The summed E-state index contributed by atoms with van der Waals surface area (Å²) in [5, 5.41) is 0. The van der Waals surface area contributed by atoms with Crippen LogP contribution in [-0.4, -0.2) is 14.7 Å². The third-order valence-corrected chi connectivity index (χ3v) is 0. The van der Waals surface area contributed by atoms with Gasteiger partial charge < -0.3 is 14.7 Å². The second kappa shape index (κ2) is 5.56. The molecule has 0 aliphatic carbocycles. The molecule has 0 fully saturated rings. The maximum Gasteiger partial charge on any atom is 0.324 e. The average Bonchev–Trinajstić information content (AvgIpc) is 0.811. The molecule has 0 heterocycles. The van der Waals surface area contributed by atoms with E-state index in [-0.39, 0.29) is 37.3 Å². The van der Waals surface area contributed by atoms with Crippen LogP contribution in [0.15, 0.2) is 0 Å². The molecule has 0 radical (unpaired) electrons. The third kappa shape index (κ3) is 29.0. The Morgan fingerprint density at radius 1 is 1.00 bits per heavy atom. The first-order chi connectivity index (χ1) is 1.73. The predicted octanol–water partition coefficient (Wildman–Crippen LogP) is -0.810. The standard InChI is InChI=1S/Er.H3O3P/c;1-4(2)3/h;1-3H. The van der Waals surface area contributed by atoms with E-state index in [2.05, 4.69) is 0 Å². The molecule has 0 aliphatic rings. The molecule has 0 rings (SSSR count). The fourth-order valence-corrected chi connectivity index (χ4v) is 0. The van der Waals surface area contributed by atoms with Crippen LogP contribution in [0, 0.1) is 37.3 Å². The Balaban J connectivity index is 0. The van der Waals surface area contributed by atoms with Gasteiger partial charge in [0.05, 0.1) is 0 Å². The summed E-state index contributed by atoms with van der Waals surface area (Å²) in [6.07, 6.45) is 0. The molecule has 0 spiro atoms. The second-order valence-corrected chi connectivity index (χ2v) is 0.805. The van der Waals surface area contributed by atoms with E-state index in [9.17, 15) is 0 Å².